The third-order valence-corrected chi connectivity index (χ3v) is 3.20. The molecule has 2 nitrogen and oxygen atoms in total. The molecule has 0 atom stereocenters. The smallest absolute Gasteiger partial charge is 0.253 e. The lowest BCUT2D eigenvalue weighted by molar-refractivity contribution is 0.0775. The molecule has 0 saturated carbocycles. The maximum Gasteiger partial charge on any atom is 0.253 e. The van der Waals surface area contributed by atoms with E-state index in [9.17, 15) is 4.79 Å². The molecule has 1 amide bonds. The monoisotopic (exact) mass is 297 g/mol. The van der Waals surface area contributed by atoms with E-state index in [1.54, 1.807) is 0 Å². The first kappa shape index (κ1) is 14.2. The second-order valence-electron chi connectivity index (χ2n) is 4.35. The van der Waals surface area contributed by atoms with Crippen molar-refractivity contribution in [2.45, 2.75) is 26.7 Å². The van der Waals surface area contributed by atoms with Gasteiger partial charge in [0.15, 0.2) is 0 Å². The van der Waals surface area contributed by atoms with Crippen molar-refractivity contribution < 1.29 is 4.79 Å². The van der Waals surface area contributed by atoms with Gasteiger partial charge in [0.1, 0.15) is 0 Å². The minimum atomic E-state index is 0.113. The molecule has 0 aliphatic carbocycles. The van der Waals surface area contributed by atoms with E-state index in [0.717, 1.165) is 24.0 Å². The minimum absolute atomic E-state index is 0.113. The maximum absolute atomic E-state index is 12.2. The van der Waals surface area contributed by atoms with Crippen molar-refractivity contribution in [2.24, 2.45) is 0 Å². The minimum Gasteiger partial charge on any atom is -0.338 e. The molecule has 0 bridgehead atoms. The molecule has 1 aromatic carbocycles. The van der Waals surface area contributed by atoms with Gasteiger partial charge in [-0.1, -0.05) is 41.9 Å². The number of carbonyl (C=O) groups is 1. The second kappa shape index (κ2) is 6.80. The van der Waals surface area contributed by atoms with Crippen LogP contribution in [0.25, 0.3) is 0 Å². The summed E-state index contributed by atoms with van der Waals surface area (Å²) in [5.74, 6) is 0.617. The van der Waals surface area contributed by atoms with Crippen molar-refractivity contribution in [1.29, 1.82) is 0 Å². The van der Waals surface area contributed by atoms with Gasteiger partial charge >= 0.3 is 0 Å². The molecule has 1 aromatic rings. The maximum atomic E-state index is 12.2. The zero-order chi connectivity index (χ0) is 12.8. The first-order valence-electron chi connectivity index (χ1n) is 6.05. The molecule has 0 radical (unpaired) electrons. The third kappa shape index (κ3) is 3.84. The number of hydrogen-bond acceptors (Lipinski definition) is 1. The number of alkyl halides is 1. The van der Waals surface area contributed by atoms with E-state index in [-0.39, 0.29) is 5.91 Å². The quantitative estimate of drug-likeness (QED) is 0.760. The van der Waals surface area contributed by atoms with Gasteiger partial charge in [-0.05, 0) is 30.5 Å². The molecule has 0 aliphatic rings. The number of carbonyl (C=O) groups excluding carboxylic acids is 1. The summed E-state index contributed by atoms with van der Waals surface area (Å²) in [6.45, 7) is 7.81. The molecule has 0 N–H and O–H groups in total. The van der Waals surface area contributed by atoms with E-state index < -0.39 is 0 Å². The Balaban J connectivity index is 2.81. The van der Waals surface area contributed by atoms with Crippen molar-refractivity contribution in [1.82, 2.24) is 4.90 Å². The molecule has 0 saturated heterocycles. The third-order valence-electron chi connectivity index (χ3n) is 2.85. The van der Waals surface area contributed by atoms with Crippen LogP contribution in [0.1, 0.15) is 42.6 Å². The number of halogens is 1. The predicted molar refractivity (Wildman–Crippen MR) is 75.9 cm³/mol. The number of nitrogens with zero attached hydrogens (tertiary/aromatic N) is 1. The van der Waals surface area contributed by atoms with Gasteiger partial charge in [-0.3, -0.25) is 4.79 Å². The van der Waals surface area contributed by atoms with Crippen molar-refractivity contribution in [2.75, 3.05) is 18.4 Å². The SMILES string of the molecule is CCN(CCBr)C(=O)c1ccc(C(C)C)cc1. The molecular weight excluding hydrogens is 278 g/mol. The molecule has 94 valence electrons. The Bertz CT molecular complexity index is 359. The number of benzene rings is 1. The topological polar surface area (TPSA) is 20.3 Å². The summed E-state index contributed by atoms with van der Waals surface area (Å²) in [5.41, 5.74) is 2.04. The molecule has 0 fully saturated rings. The average molecular weight is 298 g/mol. The Labute approximate surface area is 112 Å². The molecule has 3 heteroatoms. The Morgan fingerprint density at radius 3 is 2.29 bits per heavy atom. The fourth-order valence-electron chi connectivity index (χ4n) is 1.70. The van der Waals surface area contributed by atoms with Gasteiger partial charge in [-0.15, -0.1) is 0 Å². The summed E-state index contributed by atoms with van der Waals surface area (Å²) in [4.78, 5) is 14.0. The van der Waals surface area contributed by atoms with Crippen LogP contribution in [0.3, 0.4) is 0 Å². The Hall–Kier alpha value is -0.830. The zero-order valence-corrected chi connectivity index (χ0v) is 12.3. The van der Waals surface area contributed by atoms with E-state index >= 15 is 0 Å². The van der Waals surface area contributed by atoms with Crippen LogP contribution in [-0.2, 0) is 0 Å². The molecule has 1 rings (SSSR count). The molecular formula is C14H20BrNO. The largest absolute Gasteiger partial charge is 0.338 e. The van der Waals surface area contributed by atoms with Crippen LogP contribution in [0, 0.1) is 0 Å². The highest BCUT2D eigenvalue weighted by Gasteiger charge is 2.13. The Morgan fingerprint density at radius 2 is 1.88 bits per heavy atom. The fourth-order valence-corrected chi connectivity index (χ4v) is 2.13. The van der Waals surface area contributed by atoms with E-state index in [0.29, 0.717) is 5.92 Å². The Morgan fingerprint density at radius 1 is 1.29 bits per heavy atom. The van der Waals surface area contributed by atoms with Crippen molar-refractivity contribution >= 4 is 21.8 Å². The van der Waals surface area contributed by atoms with Crippen LogP contribution < -0.4 is 0 Å². The number of rotatable bonds is 5. The average Bonchev–Trinajstić information content (AvgIpc) is 2.35. The summed E-state index contributed by atoms with van der Waals surface area (Å²) in [6.07, 6.45) is 0. The number of amides is 1. The van der Waals surface area contributed by atoms with E-state index in [1.165, 1.54) is 5.56 Å². The lowest BCUT2D eigenvalue weighted by atomic mass is 10.0. The van der Waals surface area contributed by atoms with Crippen molar-refractivity contribution in [3.8, 4) is 0 Å². The standard InChI is InChI=1S/C14H20BrNO/c1-4-16(10-9-15)14(17)13-7-5-12(6-8-13)11(2)3/h5-8,11H,4,9-10H2,1-3H3. The van der Waals surface area contributed by atoms with Crippen LogP contribution in [-0.4, -0.2) is 29.2 Å². The molecule has 17 heavy (non-hydrogen) atoms. The summed E-state index contributed by atoms with van der Waals surface area (Å²) >= 11 is 3.37. The van der Waals surface area contributed by atoms with E-state index in [4.69, 9.17) is 0 Å². The highest BCUT2D eigenvalue weighted by Crippen LogP contribution is 2.15. The van der Waals surface area contributed by atoms with Gasteiger partial charge < -0.3 is 4.90 Å². The van der Waals surface area contributed by atoms with Gasteiger partial charge in [0, 0.05) is 24.0 Å². The van der Waals surface area contributed by atoms with Crippen LogP contribution >= 0.6 is 15.9 Å². The van der Waals surface area contributed by atoms with E-state index in [2.05, 4.69) is 29.8 Å². The van der Waals surface area contributed by atoms with Gasteiger partial charge in [0.2, 0.25) is 0 Å². The van der Waals surface area contributed by atoms with Crippen molar-refractivity contribution in [3.05, 3.63) is 35.4 Å². The molecule has 0 heterocycles. The molecule has 0 aromatic heterocycles. The summed E-state index contributed by atoms with van der Waals surface area (Å²) < 4.78 is 0. The van der Waals surface area contributed by atoms with E-state index in [1.807, 2.05) is 36.1 Å². The first-order valence-corrected chi connectivity index (χ1v) is 7.17. The molecule has 0 unspecified atom stereocenters. The summed E-state index contributed by atoms with van der Waals surface area (Å²) in [7, 11) is 0. The summed E-state index contributed by atoms with van der Waals surface area (Å²) in [6, 6.07) is 7.93. The van der Waals surface area contributed by atoms with Crippen LogP contribution in [0.2, 0.25) is 0 Å². The normalized spacial score (nSPS) is 10.6. The van der Waals surface area contributed by atoms with Gasteiger partial charge in [0.25, 0.3) is 5.91 Å². The highest BCUT2D eigenvalue weighted by atomic mass is 79.9. The van der Waals surface area contributed by atoms with Crippen molar-refractivity contribution in [3.63, 3.8) is 0 Å². The van der Waals surface area contributed by atoms with Gasteiger partial charge in [0.05, 0.1) is 0 Å². The van der Waals surface area contributed by atoms with Gasteiger partial charge in [-0.2, -0.15) is 0 Å². The first-order chi connectivity index (χ1) is 8.10. The van der Waals surface area contributed by atoms with Crippen LogP contribution in [0.15, 0.2) is 24.3 Å². The summed E-state index contributed by atoms with van der Waals surface area (Å²) in [5, 5.41) is 0.816. The molecule has 0 spiro atoms. The lowest BCUT2D eigenvalue weighted by Gasteiger charge is -2.20. The highest BCUT2D eigenvalue weighted by molar-refractivity contribution is 9.09. The number of hydrogen-bond donors (Lipinski definition) is 0. The van der Waals surface area contributed by atoms with Crippen LogP contribution in [0.4, 0.5) is 0 Å². The predicted octanol–water partition coefficient (Wildman–Crippen LogP) is 3.67. The van der Waals surface area contributed by atoms with Crippen LogP contribution in [0.5, 0.6) is 0 Å². The molecule has 0 aliphatic heterocycles. The van der Waals surface area contributed by atoms with Gasteiger partial charge in [-0.25, -0.2) is 0 Å². The Kier molecular flexibility index (Phi) is 5.69. The fraction of sp³-hybridized carbons (Fsp3) is 0.500. The second-order valence-corrected chi connectivity index (χ2v) is 5.14. The lowest BCUT2D eigenvalue weighted by Crippen LogP contribution is -2.32. The zero-order valence-electron chi connectivity index (χ0n) is 10.7.